The third-order valence-corrected chi connectivity index (χ3v) is 4.25. The van der Waals surface area contributed by atoms with Gasteiger partial charge in [0.25, 0.3) is 11.2 Å². The molecule has 112 valence electrons. The van der Waals surface area contributed by atoms with Gasteiger partial charge in [-0.3, -0.25) is 14.9 Å². The Bertz CT molecular complexity index is 507. The van der Waals surface area contributed by atoms with E-state index in [-0.39, 0.29) is 16.7 Å². The molecule has 1 aromatic heterocycles. The van der Waals surface area contributed by atoms with Crippen LogP contribution in [0.3, 0.4) is 0 Å². The molecule has 0 aliphatic carbocycles. The first kappa shape index (κ1) is 16.8. The Balaban J connectivity index is 3.12. The minimum Gasteiger partial charge on any atom is -0.308 e. The van der Waals surface area contributed by atoms with Crippen LogP contribution in [0.4, 0.5) is 5.69 Å². The normalized spacial score (nSPS) is 11.6. The van der Waals surface area contributed by atoms with Crippen molar-refractivity contribution in [2.24, 2.45) is 5.41 Å². The van der Waals surface area contributed by atoms with Crippen molar-refractivity contribution < 1.29 is 4.92 Å². The molecule has 5 nitrogen and oxygen atoms in total. The molecule has 0 saturated heterocycles. The van der Waals surface area contributed by atoms with E-state index in [1.54, 1.807) is 0 Å². The van der Waals surface area contributed by atoms with Gasteiger partial charge in [-0.05, 0) is 24.0 Å². The minimum absolute atomic E-state index is 0.0503. The van der Waals surface area contributed by atoms with E-state index in [4.69, 9.17) is 0 Å². The molecule has 0 aromatic carbocycles. The molecule has 1 rings (SSSR count). The standard InChI is InChI=1S/C14H22N2O3S/c1-3-7-14(11-20,8-4-2)10-15-9-12(16(18)19)5-6-13(15)17/h5-6,9,20H,3-4,7-8,10-11H2,1-2H3. The van der Waals surface area contributed by atoms with Crippen molar-refractivity contribution in [2.75, 3.05) is 5.75 Å². The van der Waals surface area contributed by atoms with Crippen LogP contribution in [0.2, 0.25) is 0 Å². The Labute approximate surface area is 124 Å². The Morgan fingerprint density at radius 1 is 1.30 bits per heavy atom. The maximum absolute atomic E-state index is 11.9. The lowest BCUT2D eigenvalue weighted by Gasteiger charge is -2.32. The van der Waals surface area contributed by atoms with Gasteiger partial charge in [0.05, 0.1) is 11.1 Å². The van der Waals surface area contributed by atoms with E-state index in [0.29, 0.717) is 12.3 Å². The summed E-state index contributed by atoms with van der Waals surface area (Å²) in [5.41, 5.74) is -0.328. The largest absolute Gasteiger partial charge is 0.308 e. The van der Waals surface area contributed by atoms with Crippen molar-refractivity contribution in [2.45, 2.75) is 46.1 Å². The molecule has 0 bridgehead atoms. The van der Waals surface area contributed by atoms with E-state index in [0.717, 1.165) is 25.7 Å². The van der Waals surface area contributed by atoms with Crippen LogP contribution in [-0.4, -0.2) is 15.2 Å². The molecule has 0 atom stereocenters. The average molecular weight is 298 g/mol. The summed E-state index contributed by atoms with van der Waals surface area (Å²) >= 11 is 4.45. The van der Waals surface area contributed by atoms with E-state index < -0.39 is 4.92 Å². The van der Waals surface area contributed by atoms with E-state index >= 15 is 0 Å². The molecule has 0 aliphatic heterocycles. The second kappa shape index (κ2) is 7.47. The Morgan fingerprint density at radius 2 is 1.90 bits per heavy atom. The van der Waals surface area contributed by atoms with E-state index in [1.807, 2.05) is 0 Å². The molecule has 0 amide bonds. The topological polar surface area (TPSA) is 65.1 Å². The van der Waals surface area contributed by atoms with Gasteiger partial charge in [-0.15, -0.1) is 0 Å². The summed E-state index contributed by atoms with van der Waals surface area (Å²) in [5, 5.41) is 10.8. The second-order valence-electron chi connectivity index (χ2n) is 5.27. The van der Waals surface area contributed by atoms with Gasteiger partial charge in [-0.25, -0.2) is 0 Å². The number of nitro groups is 1. The van der Waals surface area contributed by atoms with E-state index in [2.05, 4.69) is 26.5 Å². The Kier molecular flexibility index (Phi) is 6.26. The Hall–Kier alpha value is -1.30. The number of thiol groups is 1. The van der Waals surface area contributed by atoms with Crippen LogP contribution >= 0.6 is 12.6 Å². The predicted octanol–water partition coefficient (Wildman–Crippen LogP) is 3.27. The lowest BCUT2D eigenvalue weighted by atomic mass is 9.81. The zero-order valence-corrected chi connectivity index (χ0v) is 12.9. The number of rotatable bonds is 8. The number of nitrogens with zero attached hydrogens (tertiary/aromatic N) is 2. The Morgan fingerprint density at radius 3 is 2.35 bits per heavy atom. The highest BCUT2D eigenvalue weighted by Gasteiger charge is 2.28. The maximum Gasteiger partial charge on any atom is 0.285 e. The van der Waals surface area contributed by atoms with E-state index in [1.165, 1.54) is 22.9 Å². The summed E-state index contributed by atoms with van der Waals surface area (Å²) in [5.74, 6) is 0.670. The molecule has 0 N–H and O–H groups in total. The SMILES string of the molecule is CCCC(CS)(CCC)Cn1cc([N+](=O)[O-])ccc1=O. The van der Waals surface area contributed by atoms with Crippen molar-refractivity contribution in [3.05, 3.63) is 38.8 Å². The van der Waals surface area contributed by atoms with Crippen molar-refractivity contribution in [3.63, 3.8) is 0 Å². The first-order valence-corrected chi connectivity index (χ1v) is 7.57. The minimum atomic E-state index is -0.474. The van der Waals surface area contributed by atoms with Gasteiger partial charge in [-0.2, -0.15) is 12.6 Å². The van der Waals surface area contributed by atoms with Gasteiger partial charge < -0.3 is 4.57 Å². The van der Waals surface area contributed by atoms with Crippen molar-refractivity contribution in [3.8, 4) is 0 Å². The average Bonchev–Trinajstić information content (AvgIpc) is 2.41. The molecule has 6 heteroatoms. The molecule has 1 heterocycles. The number of hydrogen-bond acceptors (Lipinski definition) is 4. The zero-order valence-electron chi connectivity index (χ0n) is 12.0. The predicted molar refractivity (Wildman–Crippen MR) is 83.5 cm³/mol. The molecular weight excluding hydrogens is 276 g/mol. The van der Waals surface area contributed by atoms with Crippen molar-refractivity contribution in [1.82, 2.24) is 4.57 Å². The number of aromatic nitrogens is 1. The molecule has 0 saturated carbocycles. The van der Waals surface area contributed by atoms with Gasteiger partial charge >= 0.3 is 0 Å². The third-order valence-electron chi connectivity index (χ3n) is 3.58. The molecule has 0 spiro atoms. The molecule has 0 unspecified atom stereocenters. The summed E-state index contributed by atoms with van der Waals surface area (Å²) < 4.78 is 1.46. The summed E-state index contributed by atoms with van der Waals surface area (Å²) in [6.07, 6.45) is 5.26. The lowest BCUT2D eigenvalue weighted by Crippen LogP contribution is -2.33. The lowest BCUT2D eigenvalue weighted by molar-refractivity contribution is -0.385. The van der Waals surface area contributed by atoms with Crippen molar-refractivity contribution >= 4 is 18.3 Å². The van der Waals surface area contributed by atoms with Gasteiger partial charge in [0.15, 0.2) is 0 Å². The van der Waals surface area contributed by atoms with Crippen LogP contribution in [0, 0.1) is 15.5 Å². The molecule has 1 aromatic rings. The van der Waals surface area contributed by atoms with Crippen LogP contribution in [0.25, 0.3) is 0 Å². The summed E-state index contributed by atoms with van der Waals surface area (Å²) in [4.78, 5) is 22.3. The van der Waals surface area contributed by atoms with Crippen LogP contribution < -0.4 is 5.56 Å². The smallest absolute Gasteiger partial charge is 0.285 e. The molecule has 20 heavy (non-hydrogen) atoms. The van der Waals surface area contributed by atoms with Gasteiger partial charge in [0, 0.05) is 18.7 Å². The highest BCUT2D eigenvalue weighted by molar-refractivity contribution is 7.80. The monoisotopic (exact) mass is 298 g/mol. The summed E-state index contributed by atoms with van der Waals surface area (Å²) in [7, 11) is 0. The summed E-state index contributed by atoms with van der Waals surface area (Å²) in [6.45, 7) is 4.69. The number of hydrogen-bond donors (Lipinski definition) is 1. The number of pyridine rings is 1. The zero-order chi connectivity index (χ0) is 15.2. The van der Waals surface area contributed by atoms with Crippen LogP contribution in [0.5, 0.6) is 0 Å². The van der Waals surface area contributed by atoms with Gasteiger partial charge in [0.1, 0.15) is 0 Å². The molecule has 0 radical (unpaired) electrons. The fourth-order valence-electron chi connectivity index (χ4n) is 2.66. The summed E-state index contributed by atoms with van der Waals surface area (Å²) in [6, 6.07) is 2.51. The van der Waals surface area contributed by atoms with Crippen molar-refractivity contribution in [1.29, 1.82) is 0 Å². The van der Waals surface area contributed by atoms with Crippen LogP contribution in [0.15, 0.2) is 23.1 Å². The third kappa shape index (κ3) is 4.10. The second-order valence-corrected chi connectivity index (χ2v) is 5.58. The quantitative estimate of drug-likeness (QED) is 0.455. The fraction of sp³-hybridized carbons (Fsp3) is 0.643. The van der Waals surface area contributed by atoms with Crippen LogP contribution in [-0.2, 0) is 6.54 Å². The van der Waals surface area contributed by atoms with Crippen LogP contribution in [0.1, 0.15) is 39.5 Å². The fourth-order valence-corrected chi connectivity index (χ4v) is 3.08. The molecule has 0 fully saturated rings. The molecule has 0 aliphatic rings. The highest BCUT2D eigenvalue weighted by Crippen LogP contribution is 2.33. The van der Waals surface area contributed by atoms with Gasteiger partial charge in [-0.1, -0.05) is 26.7 Å². The first-order valence-electron chi connectivity index (χ1n) is 6.93. The van der Waals surface area contributed by atoms with E-state index in [9.17, 15) is 14.9 Å². The van der Waals surface area contributed by atoms with Gasteiger partial charge in [0.2, 0.25) is 0 Å². The highest BCUT2D eigenvalue weighted by atomic mass is 32.1. The maximum atomic E-state index is 11.9. The molecular formula is C14H22N2O3S. The first-order chi connectivity index (χ1) is 9.48.